The molecule has 0 bridgehead atoms. The second-order valence-corrected chi connectivity index (χ2v) is 7.69. The summed E-state index contributed by atoms with van der Waals surface area (Å²) in [4.78, 5) is 0. The summed E-state index contributed by atoms with van der Waals surface area (Å²) in [5, 5.41) is 9.59. The Labute approximate surface area is 129 Å². The average Bonchev–Trinajstić information content (AvgIpc) is 2.97. The molecule has 0 amide bonds. The number of nitrogens with zero attached hydrogens (tertiary/aromatic N) is 3. The first-order valence-electron chi connectivity index (χ1n) is 7.51. The van der Waals surface area contributed by atoms with Crippen LogP contribution in [0.2, 0.25) is 5.15 Å². The highest BCUT2D eigenvalue weighted by molar-refractivity contribution is 6.30. The fraction of sp³-hybridized carbons (Fsp3) is 0.625. The van der Waals surface area contributed by atoms with Gasteiger partial charge in [0, 0.05) is 29.0 Å². The first-order chi connectivity index (χ1) is 9.85. The van der Waals surface area contributed by atoms with Crippen LogP contribution in [-0.4, -0.2) is 14.9 Å². The first-order valence-corrected chi connectivity index (χ1v) is 7.89. The van der Waals surface area contributed by atoms with Crippen molar-refractivity contribution in [3.8, 4) is 0 Å². The molecular formula is C16H20ClN3O. The number of hydrogen-bond donors (Lipinski definition) is 0. The molecule has 2 atom stereocenters. The molecule has 2 aliphatic rings. The molecule has 2 aliphatic carbocycles. The van der Waals surface area contributed by atoms with Crippen LogP contribution in [-0.2, 0) is 30.7 Å². The van der Waals surface area contributed by atoms with E-state index in [1.54, 1.807) is 0 Å². The van der Waals surface area contributed by atoms with Gasteiger partial charge in [0.25, 0.3) is 0 Å². The van der Waals surface area contributed by atoms with Gasteiger partial charge in [-0.15, -0.1) is 0 Å². The maximum absolute atomic E-state index is 6.44. The van der Waals surface area contributed by atoms with E-state index in [1.807, 2.05) is 17.9 Å². The van der Waals surface area contributed by atoms with Crippen LogP contribution < -0.4 is 0 Å². The third-order valence-corrected chi connectivity index (χ3v) is 6.19. The normalized spacial score (nSPS) is 29.7. The van der Waals surface area contributed by atoms with Crippen LogP contribution in [0.5, 0.6) is 0 Å². The molecule has 112 valence electrons. The number of rotatable bonds is 0. The maximum atomic E-state index is 6.44. The molecule has 1 unspecified atom stereocenters. The van der Waals surface area contributed by atoms with Gasteiger partial charge in [-0.25, -0.2) is 0 Å². The molecule has 0 saturated heterocycles. The Bertz CT molecular complexity index is 730. The van der Waals surface area contributed by atoms with E-state index < -0.39 is 0 Å². The van der Waals surface area contributed by atoms with Gasteiger partial charge in [0.1, 0.15) is 10.9 Å². The largest absolute Gasteiger partial charge is 0.361 e. The Morgan fingerprint density at radius 1 is 1.38 bits per heavy atom. The second kappa shape index (κ2) is 3.92. The molecule has 2 aromatic rings. The van der Waals surface area contributed by atoms with Crippen LogP contribution in [0.15, 0.2) is 10.7 Å². The molecule has 0 aliphatic heterocycles. The molecule has 4 rings (SSSR count). The SMILES string of the molecule is Cn1nc2c(c1Cl)CC[C@H]1C(C)(C)c3oncc3CC21C. The van der Waals surface area contributed by atoms with Gasteiger partial charge in [0.05, 0.1) is 11.9 Å². The molecule has 4 nitrogen and oxygen atoms in total. The Kier molecular flexibility index (Phi) is 2.49. The van der Waals surface area contributed by atoms with E-state index in [0.29, 0.717) is 5.92 Å². The van der Waals surface area contributed by atoms with Gasteiger partial charge in [-0.2, -0.15) is 5.10 Å². The van der Waals surface area contributed by atoms with Crippen molar-refractivity contribution in [2.24, 2.45) is 13.0 Å². The third kappa shape index (κ3) is 1.52. The van der Waals surface area contributed by atoms with Crippen molar-refractivity contribution >= 4 is 11.6 Å². The quantitative estimate of drug-likeness (QED) is 0.749. The smallest absolute Gasteiger partial charge is 0.145 e. The second-order valence-electron chi connectivity index (χ2n) is 7.33. The summed E-state index contributed by atoms with van der Waals surface area (Å²) in [6, 6.07) is 0. The molecule has 0 aromatic carbocycles. The van der Waals surface area contributed by atoms with Crippen molar-refractivity contribution in [1.82, 2.24) is 14.9 Å². The van der Waals surface area contributed by atoms with Crippen LogP contribution in [0.4, 0.5) is 0 Å². The Morgan fingerprint density at radius 3 is 2.90 bits per heavy atom. The van der Waals surface area contributed by atoms with Gasteiger partial charge in [-0.3, -0.25) is 4.68 Å². The molecule has 0 spiro atoms. The number of aryl methyl sites for hydroxylation is 1. The molecule has 21 heavy (non-hydrogen) atoms. The van der Waals surface area contributed by atoms with Crippen molar-refractivity contribution < 1.29 is 4.52 Å². The lowest BCUT2D eigenvalue weighted by atomic mass is 9.52. The van der Waals surface area contributed by atoms with Gasteiger partial charge in [0.2, 0.25) is 0 Å². The summed E-state index contributed by atoms with van der Waals surface area (Å²) < 4.78 is 7.40. The highest BCUT2D eigenvalue weighted by Crippen LogP contribution is 2.56. The summed E-state index contributed by atoms with van der Waals surface area (Å²) in [7, 11) is 1.93. The lowest BCUT2D eigenvalue weighted by Crippen LogP contribution is -2.51. The lowest BCUT2D eigenvalue weighted by molar-refractivity contribution is 0.109. The highest BCUT2D eigenvalue weighted by atomic mass is 35.5. The van der Waals surface area contributed by atoms with E-state index >= 15 is 0 Å². The first kappa shape index (κ1) is 13.4. The third-order valence-electron chi connectivity index (χ3n) is 5.72. The van der Waals surface area contributed by atoms with Gasteiger partial charge in [-0.1, -0.05) is 37.5 Å². The van der Waals surface area contributed by atoms with E-state index in [-0.39, 0.29) is 10.8 Å². The predicted octanol–water partition coefficient (Wildman–Crippen LogP) is 3.42. The summed E-state index contributed by atoms with van der Waals surface area (Å²) >= 11 is 6.44. The fourth-order valence-corrected chi connectivity index (χ4v) is 5.06. The Morgan fingerprint density at radius 2 is 2.14 bits per heavy atom. The van der Waals surface area contributed by atoms with Gasteiger partial charge < -0.3 is 4.52 Å². The molecule has 2 aromatic heterocycles. The molecule has 2 heterocycles. The minimum Gasteiger partial charge on any atom is -0.361 e. The number of hydrogen-bond acceptors (Lipinski definition) is 3. The van der Waals surface area contributed by atoms with Crippen molar-refractivity contribution in [3.63, 3.8) is 0 Å². The predicted molar refractivity (Wildman–Crippen MR) is 80.6 cm³/mol. The highest BCUT2D eigenvalue weighted by Gasteiger charge is 2.55. The van der Waals surface area contributed by atoms with Crippen LogP contribution in [0.25, 0.3) is 0 Å². The van der Waals surface area contributed by atoms with Crippen molar-refractivity contribution in [2.75, 3.05) is 0 Å². The van der Waals surface area contributed by atoms with Crippen LogP contribution in [0, 0.1) is 5.92 Å². The van der Waals surface area contributed by atoms with Crippen molar-refractivity contribution in [1.29, 1.82) is 0 Å². The lowest BCUT2D eigenvalue weighted by Gasteiger charge is -2.51. The summed E-state index contributed by atoms with van der Waals surface area (Å²) in [5.41, 5.74) is 3.59. The minimum atomic E-state index is -0.0273. The molecule has 0 radical (unpaired) electrons. The average molecular weight is 306 g/mol. The summed E-state index contributed by atoms with van der Waals surface area (Å²) in [6.45, 7) is 6.87. The zero-order valence-electron chi connectivity index (χ0n) is 12.9. The van der Waals surface area contributed by atoms with Crippen molar-refractivity contribution in [2.45, 2.75) is 50.9 Å². The summed E-state index contributed by atoms with van der Waals surface area (Å²) in [5.74, 6) is 1.54. The van der Waals surface area contributed by atoms with E-state index in [4.69, 9.17) is 21.2 Å². The van der Waals surface area contributed by atoms with Gasteiger partial charge in [0.15, 0.2) is 0 Å². The topological polar surface area (TPSA) is 43.9 Å². The van der Waals surface area contributed by atoms with Crippen LogP contribution in [0.3, 0.4) is 0 Å². The van der Waals surface area contributed by atoms with E-state index in [9.17, 15) is 0 Å². The van der Waals surface area contributed by atoms with E-state index in [2.05, 4.69) is 25.9 Å². The molecular weight excluding hydrogens is 286 g/mol. The van der Waals surface area contributed by atoms with E-state index in [1.165, 1.54) is 16.8 Å². The van der Waals surface area contributed by atoms with Crippen LogP contribution >= 0.6 is 11.6 Å². The fourth-order valence-electron chi connectivity index (χ4n) is 4.84. The molecule has 0 fully saturated rings. The number of aromatic nitrogens is 3. The Balaban J connectivity index is 1.96. The number of halogens is 1. The number of fused-ring (bicyclic) bond motifs is 4. The molecule has 0 N–H and O–H groups in total. The standard InChI is InChI=1S/C16H20ClN3O/c1-15(2)11-6-5-10-12(19-20(4)14(10)17)16(11,3)7-9-8-18-21-13(9)15/h8,11H,5-7H2,1-4H3/t11-,16?/m0/s1. The zero-order chi connectivity index (χ0) is 15.0. The van der Waals surface area contributed by atoms with Gasteiger partial charge >= 0.3 is 0 Å². The van der Waals surface area contributed by atoms with Gasteiger partial charge in [-0.05, 0) is 25.2 Å². The monoisotopic (exact) mass is 305 g/mol. The molecule has 0 saturated carbocycles. The Hall–Kier alpha value is -1.29. The minimum absolute atomic E-state index is 0.000532. The van der Waals surface area contributed by atoms with Crippen LogP contribution in [0.1, 0.15) is 49.8 Å². The van der Waals surface area contributed by atoms with Crippen molar-refractivity contribution in [3.05, 3.63) is 33.9 Å². The zero-order valence-corrected chi connectivity index (χ0v) is 13.7. The molecule has 5 heteroatoms. The summed E-state index contributed by atoms with van der Waals surface area (Å²) in [6.07, 6.45) is 4.91. The van der Waals surface area contributed by atoms with E-state index in [0.717, 1.165) is 30.2 Å². The maximum Gasteiger partial charge on any atom is 0.145 e.